The standard InChI is InChI=1S/C25H31N5O4/c31-24(32)22-23(28-29-27-22)34-20-10-8-18(9-11-20)17-4-6-19(7-5-17)21-12-15-26-30(21)16-25(33)13-2-1-3-14-25/h4-7,12,15,18,20,33H,1-3,8-11,13-14,16H2,(H,31,32)(H,27,28,29). The van der Waals surface area contributed by atoms with Gasteiger partial charge in [0.1, 0.15) is 6.10 Å². The van der Waals surface area contributed by atoms with E-state index in [0.29, 0.717) is 12.5 Å². The van der Waals surface area contributed by atoms with E-state index in [4.69, 9.17) is 9.84 Å². The molecule has 3 aromatic rings. The first kappa shape index (κ1) is 22.6. The van der Waals surface area contributed by atoms with Crippen LogP contribution in [0.4, 0.5) is 0 Å². The van der Waals surface area contributed by atoms with Gasteiger partial charge in [-0.1, -0.05) is 53.8 Å². The predicted molar refractivity (Wildman–Crippen MR) is 125 cm³/mol. The molecule has 0 amide bonds. The highest BCUT2D eigenvalue weighted by Gasteiger charge is 2.31. The monoisotopic (exact) mass is 465 g/mol. The first-order valence-electron chi connectivity index (χ1n) is 12.2. The summed E-state index contributed by atoms with van der Waals surface area (Å²) in [7, 11) is 0. The van der Waals surface area contributed by atoms with Crippen LogP contribution >= 0.6 is 0 Å². The zero-order valence-corrected chi connectivity index (χ0v) is 19.2. The number of hydrogen-bond acceptors (Lipinski definition) is 6. The summed E-state index contributed by atoms with van der Waals surface area (Å²) >= 11 is 0. The second-order valence-corrected chi connectivity index (χ2v) is 9.67. The third kappa shape index (κ3) is 4.84. The van der Waals surface area contributed by atoms with Crippen molar-refractivity contribution in [3.63, 3.8) is 0 Å². The van der Waals surface area contributed by atoms with Gasteiger partial charge in [-0.2, -0.15) is 5.10 Å². The molecule has 180 valence electrons. The van der Waals surface area contributed by atoms with Crippen LogP contribution in [0.5, 0.6) is 5.88 Å². The molecule has 9 nitrogen and oxygen atoms in total. The summed E-state index contributed by atoms with van der Waals surface area (Å²) in [5.74, 6) is -0.615. The van der Waals surface area contributed by atoms with Crippen molar-refractivity contribution in [3.8, 4) is 17.1 Å². The third-order valence-electron chi connectivity index (χ3n) is 7.31. The van der Waals surface area contributed by atoms with Gasteiger partial charge in [-0.3, -0.25) is 4.68 Å². The number of aromatic nitrogens is 5. The number of ether oxygens (including phenoxy) is 1. The number of H-pyrrole nitrogens is 1. The van der Waals surface area contributed by atoms with Gasteiger partial charge in [0.25, 0.3) is 5.88 Å². The lowest BCUT2D eigenvalue weighted by atomic mass is 9.82. The summed E-state index contributed by atoms with van der Waals surface area (Å²) < 4.78 is 7.75. The molecule has 2 heterocycles. The molecule has 3 N–H and O–H groups in total. The van der Waals surface area contributed by atoms with Gasteiger partial charge < -0.3 is 14.9 Å². The molecule has 34 heavy (non-hydrogen) atoms. The van der Waals surface area contributed by atoms with E-state index in [1.54, 1.807) is 6.20 Å². The van der Waals surface area contributed by atoms with Crippen molar-refractivity contribution >= 4 is 5.97 Å². The quantitative estimate of drug-likeness (QED) is 0.478. The highest BCUT2D eigenvalue weighted by molar-refractivity contribution is 5.87. The molecule has 2 aliphatic carbocycles. The van der Waals surface area contributed by atoms with E-state index in [9.17, 15) is 9.90 Å². The molecule has 2 aromatic heterocycles. The summed E-state index contributed by atoms with van der Waals surface area (Å²) in [6.45, 7) is 0.538. The average molecular weight is 466 g/mol. The van der Waals surface area contributed by atoms with Crippen molar-refractivity contribution in [1.82, 2.24) is 25.2 Å². The third-order valence-corrected chi connectivity index (χ3v) is 7.31. The van der Waals surface area contributed by atoms with E-state index < -0.39 is 11.6 Å². The summed E-state index contributed by atoms with van der Waals surface area (Å²) in [6, 6.07) is 10.7. The minimum Gasteiger partial charge on any atom is -0.476 e. The van der Waals surface area contributed by atoms with Crippen molar-refractivity contribution in [2.45, 2.75) is 82.0 Å². The van der Waals surface area contributed by atoms with Crippen LogP contribution in [0, 0.1) is 0 Å². The Morgan fingerprint density at radius 3 is 2.53 bits per heavy atom. The summed E-state index contributed by atoms with van der Waals surface area (Å²) in [6.07, 6.45) is 10.4. The Kier molecular flexibility index (Phi) is 6.36. The number of carboxylic acid groups (broad SMARTS) is 1. The van der Waals surface area contributed by atoms with E-state index in [1.807, 2.05) is 10.7 Å². The minimum atomic E-state index is -1.12. The molecule has 0 spiro atoms. The molecular weight excluding hydrogens is 434 g/mol. The van der Waals surface area contributed by atoms with Crippen LogP contribution in [-0.4, -0.2) is 53.1 Å². The molecule has 5 rings (SSSR count). The Morgan fingerprint density at radius 1 is 1.09 bits per heavy atom. The van der Waals surface area contributed by atoms with E-state index in [0.717, 1.165) is 62.6 Å². The van der Waals surface area contributed by atoms with Crippen LogP contribution in [-0.2, 0) is 6.54 Å². The van der Waals surface area contributed by atoms with Gasteiger partial charge in [0.05, 0.1) is 17.8 Å². The van der Waals surface area contributed by atoms with Crippen LogP contribution in [0.3, 0.4) is 0 Å². The van der Waals surface area contributed by atoms with Gasteiger partial charge in [-0.15, -0.1) is 0 Å². The van der Waals surface area contributed by atoms with Crippen LogP contribution in [0.15, 0.2) is 36.5 Å². The lowest BCUT2D eigenvalue weighted by Crippen LogP contribution is -2.36. The highest BCUT2D eigenvalue weighted by Crippen LogP contribution is 2.36. The first-order valence-corrected chi connectivity index (χ1v) is 12.2. The lowest BCUT2D eigenvalue weighted by Gasteiger charge is -2.32. The Labute approximate surface area is 198 Å². The molecule has 9 heteroatoms. The molecule has 1 aromatic carbocycles. The van der Waals surface area contributed by atoms with Crippen LogP contribution < -0.4 is 4.74 Å². The van der Waals surface area contributed by atoms with Crippen molar-refractivity contribution in [2.24, 2.45) is 0 Å². The number of benzene rings is 1. The van der Waals surface area contributed by atoms with Gasteiger partial charge >= 0.3 is 5.97 Å². The zero-order chi connectivity index (χ0) is 23.5. The minimum absolute atomic E-state index is 0.0568. The molecular formula is C25H31N5O4. The number of carboxylic acids is 1. The van der Waals surface area contributed by atoms with Crippen LogP contribution in [0.1, 0.15) is 79.8 Å². The topological polar surface area (TPSA) is 126 Å². The summed E-state index contributed by atoms with van der Waals surface area (Å²) in [5.41, 5.74) is 2.67. The smallest absolute Gasteiger partial charge is 0.359 e. The molecule has 0 radical (unpaired) electrons. The van der Waals surface area contributed by atoms with Gasteiger partial charge in [-0.25, -0.2) is 9.89 Å². The van der Waals surface area contributed by atoms with Gasteiger partial charge in [0.2, 0.25) is 5.69 Å². The highest BCUT2D eigenvalue weighted by atomic mass is 16.5. The zero-order valence-electron chi connectivity index (χ0n) is 19.2. The normalized spacial score (nSPS) is 22.4. The van der Waals surface area contributed by atoms with Gasteiger partial charge in [0, 0.05) is 6.20 Å². The Morgan fingerprint density at radius 2 is 1.82 bits per heavy atom. The fourth-order valence-electron chi connectivity index (χ4n) is 5.39. The number of nitrogens with one attached hydrogen (secondary N) is 1. The van der Waals surface area contributed by atoms with E-state index in [2.05, 4.69) is 44.8 Å². The fraction of sp³-hybridized carbons (Fsp3) is 0.520. The van der Waals surface area contributed by atoms with Crippen LogP contribution in [0.2, 0.25) is 0 Å². The lowest BCUT2D eigenvalue weighted by molar-refractivity contribution is -0.0138. The van der Waals surface area contributed by atoms with E-state index >= 15 is 0 Å². The van der Waals surface area contributed by atoms with Crippen LogP contribution in [0.25, 0.3) is 11.3 Å². The second kappa shape index (κ2) is 9.58. The molecule has 2 aliphatic rings. The molecule has 0 bridgehead atoms. The molecule has 0 saturated heterocycles. The average Bonchev–Trinajstić information content (AvgIpc) is 3.49. The second-order valence-electron chi connectivity index (χ2n) is 9.67. The predicted octanol–water partition coefficient (Wildman–Crippen LogP) is 4.17. The Balaban J connectivity index is 1.20. The first-order chi connectivity index (χ1) is 16.5. The maximum atomic E-state index is 11.2. The largest absolute Gasteiger partial charge is 0.476 e. The Hall–Kier alpha value is -3.20. The molecule has 0 aliphatic heterocycles. The van der Waals surface area contributed by atoms with Crippen molar-refractivity contribution < 1.29 is 19.7 Å². The summed E-state index contributed by atoms with van der Waals surface area (Å²) in [4.78, 5) is 11.2. The number of rotatable bonds is 7. The Bertz CT molecular complexity index is 1110. The number of aromatic carboxylic acids is 1. The maximum Gasteiger partial charge on any atom is 0.359 e. The van der Waals surface area contributed by atoms with Gasteiger partial charge in [0.15, 0.2) is 0 Å². The van der Waals surface area contributed by atoms with E-state index in [1.165, 1.54) is 12.0 Å². The summed E-state index contributed by atoms with van der Waals surface area (Å²) in [5, 5.41) is 34.3. The molecule has 2 fully saturated rings. The SMILES string of the molecule is O=C(O)c1[nH]nnc1OC1CCC(c2ccc(-c3ccnn3CC3(O)CCCCC3)cc2)CC1. The van der Waals surface area contributed by atoms with Gasteiger partial charge in [-0.05, 0) is 61.6 Å². The number of nitrogens with zero attached hydrogens (tertiary/aromatic N) is 4. The fourth-order valence-corrected chi connectivity index (χ4v) is 5.39. The number of aromatic amines is 1. The van der Waals surface area contributed by atoms with Crippen molar-refractivity contribution in [2.75, 3.05) is 0 Å². The number of hydrogen-bond donors (Lipinski definition) is 3. The van der Waals surface area contributed by atoms with E-state index in [-0.39, 0.29) is 17.7 Å². The maximum absolute atomic E-state index is 11.2. The molecule has 2 saturated carbocycles. The molecule has 0 atom stereocenters. The molecule has 0 unspecified atom stereocenters. The van der Waals surface area contributed by atoms with Crippen molar-refractivity contribution in [3.05, 3.63) is 47.8 Å². The number of aliphatic hydroxyl groups is 1. The van der Waals surface area contributed by atoms with Crippen molar-refractivity contribution in [1.29, 1.82) is 0 Å². The number of carbonyl (C=O) groups is 1.